The highest BCUT2D eigenvalue weighted by Gasteiger charge is 2.67. The summed E-state index contributed by atoms with van der Waals surface area (Å²) in [6.07, 6.45) is 10.7. The van der Waals surface area contributed by atoms with Crippen molar-refractivity contribution in [3.05, 3.63) is 34.4 Å². The maximum absolute atomic E-state index is 12.2. The molecular formula is C26H40O5. The van der Waals surface area contributed by atoms with Gasteiger partial charge in [0.05, 0.1) is 18.0 Å². The van der Waals surface area contributed by atoms with Crippen LogP contribution in [0, 0.1) is 28.6 Å². The van der Waals surface area contributed by atoms with Crippen LogP contribution in [0.3, 0.4) is 0 Å². The molecule has 4 aliphatic rings. The average Bonchev–Trinajstić information content (AvgIpc) is 3.01. The monoisotopic (exact) mass is 432 g/mol. The van der Waals surface area contributed by atoms with Crippen LogP contribution in [0.5, 0.6) is 0 Å². The normalized spacial score (nSPS) is 46.2. The van der Waals surface area contributed by atoms with Gasteiger partial charge < -0.3 is 19.7 Å². The van der Waals surface area contributed by atoms with Crippen molar-refractivity contribution in [1.82, 2.24) is 0 Å². The molecule has 5 heteroatoms. The van der Waals surface area contributed by atoms with Crippen LogP contribution < -0.4 is 5.63 Å². The zero-order valence-electron chi connectivity index (χ0n) is 19.3. The van der Waals surface area contributed by atoms with Gasteiger partial charge in [0, 0.05) is 18.1 Å². The van der Waals surface area contributed by atoms with Gasteiger partial charge in [-0.15, -0.1) is 0 Å². The summed E-state index contributed by atoms with van der Waals surface area (Å²) in [5.41, 5.74) is 0.219. The summed E-state index contributed by atoms with van der Waals surface area (Å²) in [6, 6.07) is 3.42. The van der Waals surface area contributed by atoms with Gasteiger partial charge in [0.1, 0.15) is 0 Å². The first-order valence-electron chi connectivity index (χ1n) is 12.3. The lowest BCUT2D eigenvalue weighted by atomic mass is 9.43. The number of aliphatic hydroxyl groups excluding tert-OH is 2. The van der Waals surface area contributed by atoms with E-state index < -0.39 is 5.60 Å². The van der Waals surface area contributed by atoms with Crippen molar-refractivity contribution in [3.63, 3.8) is 0 Å². The van der Waals surface area contributed by atoms with Crippen molar-refractivity contribution >= 4 is 0 Å². The highest BCUT2D eigenvalue weighted by molar-refractivity contribution is 5.27. The number of hydrogen-bond acceptors (Lipinski definition) is 5. The smallest absolute Gasteiger partial charge is 0.335 e. The third kappa shape index (κ3) is 3.52. The lowest BCUT2D eigenvalue weighted by Gasteiger charge is -2.63. The molecular weight excluding hydrogens is 392 g/mol. The quantitative estimate of drug-likeness (QED) is 0.617. The Morgan fingerprint density at radius 2 is 1.77 bits per heavy atom. The van der Waals surface area contributed by atoms with Crippen LogP contribution in [-0.2, 0) is 0 Å². The molecule has 0 amide bonds. The third-order valence-corrected chi connectivity index (χ3v) is 9.95. The number of aliphatic hydroxyl groups is 3. The van der Waals surface area contributed by atoms with Gasteiger partial charge in [-0.05, 0) is 105 Å². The lowest BCUT2D eigenvalue weighted by molar-refractivity contribution is -0.205. The van der Waals surface area contributed by atoms with E-state index in [1.807, 2.05) is 6.07 Å². The second-order valence-electron chi connectivity index (χ2n) is 11.1. The maximum atomic E-state index is 12.2. The van der Waals surface area contributed by atoms with Gasteiger partial charge >= 0.3 is 5.63 Å². The fraction of sp³-hybridized carbons (Fsp3) is 0.808. The minimum Gasteiger partial charge on any atom is -0.431 e. The molecule has 4 aliphatic carbocycles. The molecule has 1 heterocycles. The molecule has 0 bridgehead atoms. The van der Waals surface area contributed by atoms with E-state index in [1.54, 1.807) is 13.2 Å². The Labute approximate surface area is 185 Å². The molecule has 4 saturated carbocycles. The van der Waals surface area contributed by atoms with Crippen LogP contribution in [0.4, 0.5) is 0 Å². The lowest BCUT2D eigenvalue weighted by Crippen LogP contribution is -2.62. The zero-order valence-corrected chi connectivity index (χ0v) is 19.3. The fourth-order valence-corrected chi connectivity index (χ4v) is 8.30. The Hall–Kier alpha value is -1.17. The first-order chi connectivity index (χ1) is 14.7. The van der Waals surface area contributed by atoms with E-state index in [2.05, 4.69) is 13.8 Å². The van der Waals surface area contributed by atoms with Crippen molar-refractivity contribution in [1.29, 1.82) is 0 Å². The molecule has 5 nitrogen and oxygen atoms in total. The second-order valence-corrected chi connectivity index (χ2v) is 11.1. The highest BCUT2D eigenvalue weighted by atomic mass is 16.4. The molecule has 1 aromatic heterocycles. The average molecular weight is 433 g/mol. The summed E-state index contributed by atoms with van der Waals surface area (Å²) in [7, 11) is 0. The van der Waals surface area contributed by atoms with E-state index in [-0.39, 0.29) is 35.1 Å². The van der Waals surface area contributed by atoms with Crippen LogP contribution in [-0.4, -0.2) is 33.6 Å². The molecule has 1 aromatic rings. The first-order valence-corrected chi connectivity index (χ1v) is 12.3. The standard InChI is InChI=1S/C24H34O4.C2H6O/c1-22-10-7-17(25)13-16(22)4-5-20-19(22)8-11-23(2)18(9-12-24(20,23)27)15-3-6-21(26)28-14-15;1-2-3/h3,6,14,16-20,25,27H,4-5,7-13H2,1-2H3;3H,2H2,1H3/t16-,17+,18-,19+,20-,22+,23-,24+;/m1./s1. The van der Waals surface area contributed by atoms with Crippen molar-refractivity contribution in [3.8, 4) is 0 Å². The predicted octanol–water partition coefficient (Wildman–Crippen LogP) is 4.24. The van der Waals surface area contributed by atoms with Gasteiger partial charge in [0.2, 0.25) is 0 Å². The van der Waals surface area contributed by atoms with Crippen molar-refractivity contribution in [2.45, 2.75) is 96.2 Å². The Balaban J connectivity index is 0.000000730. The highest BCUT2D eigenvalue weighted by Crippen LogP contribution is 2.70. The fourth-order valence-electron chi connectivity index (χ4n) is 8.30. The topological polar surface area (TPSA) is 90.9 Å². The summed E-state index contributed by atoms with van der Waals surface area (Å²) in [5.74, 6) is 1.76. The number of hydrogen-bond donors (Lipinski definition) is 3. The predicted molar refractivity (Wildman–Crippen MR) is 120 cm³/mol. The molecule has 4 fully saturated rings. The summed E-state index contributed by atoms with van der Waals surface area (Å²) in [4.78, 5) is 11.4. The second kappa shape index (κ2) is 8.31. The van der Waals surface area contributed by atoms with Crippen molar-refractivity contribution in [2.75, 3.05) is 6.61 Å². The Morgan fingerprint density at radius 1 is 1.03 bits per heavy atom. The SMILES string of the molecule is CCO.C[C@]12CC[C@H](O)C[C@H]1CC[C@@H]1[C@@H]2CC[C@]2(C)[C@@H](c3ccc(=O)oc3)CC[C@]12O. The van der Waals surface area contributed by atoms with Crippen LogP contribution in [0.15, 0.2) is 27.6 Å². The van der Waals surface area contributed by atoms with Crippen molar-refractivity contribution in [2.24, 2.45) is 28.6 Å². The summed E-state index contributed by atoms with van der Waals surface area (Å²) >= 11 is 0. The van der Waals surface area contributed by atoms with E-state index >= 15 is 0 Å². The van der Waals surface area contributed by atoms with Crippen LogP contribution in [0.1, 0.15) is 90.0 Å². The summed E-state index contributed by atoms with van der Waals surface area (Å²) < 4.78 is 5.17. The van der Waals surface area contributed by atoms with Gasteiger partial charge in [-0.25, -0.2) is 4.79 Å². The minimum absolute atomic E-state index is 0.129. The van der Waals surface area contributed by atoms with Gasteiger partial charge in [-0.1, -0.05) is 13.8 Å². The van der Waals surface area contributed by atoms with Crippen molar-refractivity contribution < 1.29 is 19.7 Å². The Bertz CT molecular complexity index is 815. The molecule has 0 unspecified atom stereocenters. The Kier molecular flexibility index (Phi) is 6.17. The van der Waals surface area contributed by atoms with E-state index in [0.29, 0.717) is 17.8 Å². The molecule has 0 saturated heterocycles. The first kappa shape index (κ1) is 23.0. The zero-order chi connectivity index (χ0) is 22.4. The molecule has 8 atom stereocenters. The van der Waals surface area contributed by atoms with Gasteiger partial charge in [0.15, 0.2) is 0 Å². The molecule has 0 radical (unpaired) electrons. The number of fused-ring (bicyclic) bond motifs is 5. The third-order valence-electron chi connectivity index (χ3n) is 9.95. The molecule has 3 N–H and O–H groups in total. The summed E-state index contributed by atoms with van der Waals surface area (Å²) in [6.45, 7) is 6.66. The molecule has 0 aromatic carbocycles. The van der Waals surface area contributed by atoms with E-state index in [4.69, 9.17) is 9.52 Å². The van der Waals surface area contributed by atoms with E-state index in [0.717, 1.165) is 56.9 Å². The van der Waals surface area contributed by atoms with Crippen LogP contribution >= 0.6 is 0 Å². The minimum atomic E-state index is -0.638. The van der Waals surface area contributed by atoms with Crippen LogP contribution in [0.25, 0.3) is 0 Å². The van der Waals surface area contributed by atoms with E-state index in [9.17, 15) is 15.0 Å². The number of rotatable bonds is 1. The van der Waals surface area contributed by atoms with Gasteiger partial charge in [-0.3, -0.25) is 0 Å². The Morgan fingerprint density at radius 3 is 2.45 bits per heavy atom. The maximum Gasteiger partial charge on any atom is 0.335 e. The molecule has 174 valence electrons. The molecule has 0 spiro atoms. The van der Waals surface area contributed by atoms with E-state index in [1.165, 1.54) is 12.5 Å². The van der Waals surface area contributed by atoms with Gasteiger partial charge in [0.25, 0.3) is 0 Å². The molecule has 0 aliphatic heterocycles. The largest absolute Gasteiger partial charge is 0.431 e. The van der Waals surface area contributed by atoms with Crippen LogP contribution in [0.2, 0.25) is 0 Å². The summed E-state index contributed by atoms with van der Waals surface area (Å²) in [5, 5.41) is 29.9. The van der Waals surface area contributed by atoms with Gasteiger partial charge in [-0.2, -0.15) is 0 Å². The molecule has 31 heavy (non-hydrogen) atoms. The molecule has 5 rings (SSSR count).